The highest BCUT2D eigenvalue weighted by molar-refractivity contribution is 8.13. The van der Waals surface area contributed by atoms with Gasteiger partial charge >= 0.3 is 0 Å². The minimum atomic E-state index is -0.279. The summed E-state index contributed by atoms with van der Waals surface area (Å²) >= 11 is 1.41. The maximum Gasteiger partial charge on any atom is 0.283 e. The van der Waals surface area contributed by atoms with Crippen LogP contribution in [0.2, 0.25) is 0 Å². The van der Waals surface area contributed by atoms with Crippen molar-refractivity contribution in [2.75, 3.05) is 12.0 Å². The molecule has 0 spiro atoms. The first-order chi connectivity index (χ1) is 15.4. The van der Waals surface area contributed by atoms with E-state index in [1.54, 1.807) is 24.2 Å². The molecule has 0 fully saturated rings. The lowest BCUT2D eigenvalue weighted by molar-refractivity contribution is -0.113. The van der Waals surface area contributed by atoms with E-state index in [2.05, 4.69) is 11.1 Å². The van der Waals surface area contributed by atoms with Gasteiger partial charge in [-0.2, -0.15) is 0 Å². The van der Waals surface area contributed by atoms with Crippen LogP contribution in [0.3, 0.4) is 0 Å². The topological polar surface area (TPSA) is 41.9 Å². The molecule has 0 aromatic heterocycles. The van der Waals surface area contributed by atoms with Gasteiger partial charge in [0.1, 0.15) is 17.3 Å². The van der Waals surface area contributed by atoms with Crippen LogP contribution in [0.15, 0.2) is 77.4 Å². The number of rotatable bonds is 5. The number of hydrogen-bond donors (Lipinski definition) is 0. The number of aliphatic imine (C=N–C) groups is 1. The van der Waals surface area contributed by atoms with E-state index >= 15 is 0 Å². The molecule has 0 atom stereocenters. The number of amides is 1. The van der Waals surface area contributed by atoms with E-state index in [0.717, 1.165) is 33.7 Å². The van der Waals surface area contributed by atoms with Crippen molar-refractivity contribution in [2.24, 2.45) is 4.99 Å². The number of thioether (sulfide) groups is 1. The molecule has 1 amide bonds. The van der Waals surface area contributed by atoms with E-state index in [4.69, 9.17) is 4.74 Å². The fourth-order valence-electron chi connectivity index (χ4n) is 3.53. The standard InChI is InChI=1S/C26H23FN2O2S/c1-17-11-18(2)13-22(12-17)29-25(30)24(15-19-7-9-23(31-3)10-8-19)28-26(29)32-16-20-5-4-6-21(27)14-20/h4-15H,16H2,1-3H3/b24-15-. The lowest BCUT2D eigenvalue weighted by Gasteiger charge is -2.19. The van der Waals surface area contributed by atoms with Crippen molar-refractivity contribution in [3.8, 4) is 5.75 Å². The van der Waals surface area contributed by atoms with Gasteiger partial charge < -0.3 is 4.74 Å². The third kappa shape index (κ3) is 4.92. The number of methoxy groups -OCH3 is 1. The van der Waals surface area contributed by atoms with Gasteiger partial charge in [-0.05, 0) is 78.6 Å². The van der Waals surface area contributed by atoms with Crippen molar-refractivity contribution < 1.29 is 13.9 Å². The Labute approximate surface area is 191 Å². The molecule has 0 saturated carbocycles. The van der Waals surface area contributed by atoms with Crippen LogP contribution in [0, 0.1) is 19.7 Å². The molecular weight excluding hydrogens is 423 g/mol. The van der Waals surface area contributed by atoms with Crippen molar-refractivity contribution in [3.05, 3.63) is 100 Å². The van der Waals surface area contributed by atoms with Crippen LogP contribution in [0.1, 0.15) is 22.3 Å². The van der Waals surface area contributed by atoms with Gasteiger partial charge in [-0.25, -0.2) is 9.38 Å². The van der Waals surface area contributed by atoms with Crippen LogP contribution in [-0.4, -0.2) is 18.2 Å². The van der Waals surface area contributed by atoms with E-state index in [0.29, 0.717) is 16.6 Å². The van der Waals surface area contributed by atoms with Crippen LogP contribution >= 0.6 is 11.8 Å². The van der Waals surface area contributed by atoms with Crippen LogP contribution < -0.4 is 9.64 Å². The minimum absolute atomic E-state index is 0.187. The maximum atomic E-state index is 13.6. The Morgan fingerprint density at radius 3 is 2.41 bits per heavy atom. The van der Waals surface area contributed by atoms with Gasteiger partial charge in [-0.1, -0.05) is 42.1 Å². The van der Waals surface area contributed by atoms with Gasteiger partial charge in [0.25, 0.3) is 5.91 Å². The van der Waals surface area contributed by atoms with Crippen LogP contribution in [0.25, 0.3) is 6.08 Å². The molecule has 0 saturated heterocycles. The highest BCUT2D eigenvalue weighted by Gasteiger charge is 2.32. The first-order valence-corrected chi connectivity index (χ1v) is 11.2. The molecule has 4 rings (SSSR count). The quantitative estimate of drug-likeness (QED) is 0.443. The number of amidine groups is 1. The van der Waals surface area contributed by atoms with E-state index in [1.807, 2.05) is 56.3 Å². The predicted octanol–water partition coefficient (Wildman–Crippen LogP) is 6.13. The monoisotopic (exact) mass is 446 g/mol. The van der Waals surface area contributed by atoms with Crippen LogP contribution in [0.4, 0.5) is 10.1 Å². The van der Waals surface area contributed by atoms with Gasteiger partial charge in [-0.15, -0.1) is 0 Å². The second kappa shape index (κ2) is 9.40. The SMILES string of the molecule is COc1ccc(/C=C2\N=C(SCc3cccc(F)c3)N(c3cc(C)cc(C)c3)C2=O)cc1. The average Bonchev–Trinajstić information content (AvgIpc) is 3.07. The molecule has 3 aromatic carbocycles. The van der Waals surface area contributed by atoms with Gasteiger partial charge in [0.05, 0.1) is 12.8 Å². The number of anilines is 1. The number of nitrogens with zero attached hydrogens (tertiary/aromatic N) is 2. The zero-order chi connectivity index (χ0) is 22.7. The average molecular weight is 447 g/mol. The van der Waals surface area contributed by atoms with Crippen LogP contribution in [0.5, 0.6) is 5.75 Å². The first kappa shape index (κ1) is 21.8. The molecule has 0 unspecified atom stereocenters. The molecule has 0 aliphatic carbocycles. The highest BCUT2D eigenvalue weighted by atomic mass is 32.2. The Morgan fingerprint density at radius 2 is 1.75 bits per heavy atom. The van der Waals surface area contributed by atoms with Gasteiger partial charge in [0.2, 0.25) is 0 Å². The number of benzene rings is 3. The second-order valence-electron chi connectivity index (χ2n) is 7.60. The summed E-state index contributed by atoms with van der Waals surface area (Å²) < 4.78 is 18.8. The summed E-state index contributed by atoms with van der Waals surface area (Å²) in [7, 11) is 1.61. The lowest BCUT2D eigenvalue weighted by atomic mass is 10.1. The summed E-state index contributed by atoms with van der Waals surface area (Å²) in [5, 5.41) is 0.573. The fourth-order valence-corrected chi connectivity index (χ4v) is 4.49. The first-order valence-electron chi connectivity index (χ1n) is 10.2. The molecule has 6 heteroatoms. The molecule has 1 aliphatic heterocycles. The molecule has 4 nitrogen and oxygen atoms in total. The zero-order valence-electron chi connectivity index (χ0n) is 18.1. The fraction of sp³-hybridized carbons (Fsp3) is 0.154. The Bertz CT molecular complexity index is 1200. The highest BCUT2D eigenvalue weighted by Crippen LogP contribution is 2.32. The maximum absolute atomic E-state index is 13.6. The molecule has 0 N–H and O–H groups in total. The third-order valence-corrected chi connectivity index (χ3v) is 5.98. The summed E-state index contributed by atoms with van der Waals surface area (Å²) in [6.07, 6.45) is 1.77. The molecule has 162 valence electrons. The Balaban J connectivity index is 1.68. The number of ether oxygens (including phenoxy) is 1. The zero-order valence-corrected chi connectivity index (χ0v) is 18.9. The number of hydrogen-bond acceptors (Lipinski definition) is 4. The predicted molar refractivity (Wildman–Crippen MR) is 130 cm³/mol. The van der Waals surface area contributed by atoms with Crippen molar-refractivity contribution in [3.63, 3.8) is 0 Å². The van der Waals surface area contributed by atoms with Gasteiger partial charge in [0, 0.05) is 5.75 Å². The van der Waals surface area contributed by atoms with E-state index in [-0.39, 0.29) is 11.7 Å². The van der Waals surface area contributed by atoms with Gasteiger partial charge in [0.15, 0.2) is 5.17 Å². The Kier molecular flexibility index (Phi) is 6.42. The van der Waals surface area contributed by atoms with E-state index in [1.165, 1.54) is 23.9 Å². The molecule has 0 bridgehead atoms. The molecule has 0 radical (unpaired) electrons. The number of aryl methyl sites for hydroxylation is 2. The normalized spacial score (nSPS) is 14.8. The Morgan fingerprint density at radius 1 is 1.03 bits per heavy atom. The minimum Gasteiger partial charge on any atom is -0.497 e. The summed E-state index contributed by atoms with van der Waals surface area (Å²) in [5.41, 5.74) is 4.95. The van der Waals surface area contributed by atoms with E-state index in [9.17, 15) is 9.18 Å². The summed E-state index contributed by atoms with van der Waals surface area (Å²) in [4.78, 5) is 19.7. The van der Waals surface area contributed by atoms with Gasteiger partial charge in [-0.3, -0.25) is 9.69 Å². The lowest BCUT2D eigenvalue weighted by Crippen LogP contribution is -2.30. The molecule has 32 heavy (non-hydrogen) atoms. The summed E-state index contributed by atoms with van der Waals surface area (Å²) in [5.74, 6) is 0.781. The van der Waals surface area contributed by atoms with Crippen molar-refractivity contribution in [2.45, 2.75) is 19.6 Å². The Hall–Kier alpha value is -3.38. The van der Waals surface area contributed by atoms with Crippen molar-refractivity contribution >= 4 is 34.6 Å². The summed E-state index contributed by atoms with van der Waals surface area (Å²) in [6, 6.07) is 19.9. The molecule has 1 aliphatic rings. The van der Waals surface area contributed by atoms with Crippen molar-refractivity contribution in [1.82, 2.24) is 0 Å². The van der Waals surface area contributed by atoms with Crippen LogP contribution in [-0.2, 0) is 10.5 Å². The second-order valence-corrected chi connectivity index (χ2v) is 8.54. The number of carbonyl (C=O) groups excluding carboxylic acids is 1. The third-order valence-electron chi connectivity index (χ3n) is 4.97. The largest absolute Gasteiger partial charge is 0.497 e. The number of halogens is 1. The molecular formula is C26H23FN2O2S. The smallest absolute Gasteiger partial charge is 0.283 e. The summed E-state index contributed by atoms with van der Waals surface area (Å²) in [6.45, 7) is 4.00. The molecule has 3 aromatic rings. The molecule has 1 heterocycles. The van der Waals surface area contributed by atoms with E-state index < -0.39 is 0 Å². The number of carbonyl (C=O) groups is 1. The van der Waals surface area contributed by atoms with Crippen molar-refractivity contribution in [1.29, 1.82) is 0 Å².